The van der Waals surface area contributed by atoms with Gasteiger partial charge in [-0.1, -0.05) is 28.1 Å². The number of benzene rings is 1. The maximum Gasteiger partial charge on any atom is 0.203 e. The van der Waals surface area contributed by atoms with Crippen LogP contribution in [0.15, 0.2) is 41.1 Å². The van der Waals surface area contributed by atoms with E-state index in [-0.39, 0.29) is 0 Å². The van der Waals surface area contributed by atoms with Crippen LogP contribution in [0.1, 0.15) is 12.0 Å². The van der Waals surface area contributed by atoms with Crippen molar-refractivity contribution < 1.29 is 4.74 Å². The largest absolute Gasteiger partial charge is 0.385 e. The van der Waals surface area contributed by atoms with Gasteiger partial charge in [-0.2, -0.15) is 0 Å². The van der Waals surface area contributed by atoms with Gasteiger partial charge >= 0.3 is 0 Å². The van der Waals surface area contributed by atoms with Crippen LogP contribution in [-0.4, -0.2) is 29.8 Å². The van der Waals surface area contributed by atoms with Crippen LogP contribution in [-0.2, 0) is 11.3 Å². The summed E-state index contributed by atoms with van der Waals surface area (Å²) in [6.07, 6.45) is 4.78. The molecule has 1 aromatic heterocycles. The Balaban J connectivity index is 1.93. The van der Waals surface area contributed by atoms with Crippen LogP contribution in [0.25, 0.3) is 0 Å². The first-order valence-corrected chi connectivity index (χ1v) is 7.07. The van der Waals surface area contributed by atoms with E-state index in [4.69, 9.17) is 4.74 Å². The number of aromatic nitrogens is 2. The number of hydrogen-bond donors (Lipinski definition) is 1. The zero-order valence-corrected chi connectivity index (χ0v) is 12.6. The fourth-order valence-corrected chi connectivity index (χ4v) is 2.07. The molecule has 0 saturated heterocycles. The number of rotatable bonds is 7. The number of ether oxygens (including phenoxy) is 1. The second-order valence-corrected chi connectivity index (χ2v) is 5.19. The van der Waals surface area contributed by atoms with E-state index >= 15 is 0 Å². The molecular formula is C14H18BrN3O. The van der Waals surface area contributed by atoms with Gasteiger partial charge in [0.15, 0.2) is 0 Å². The Morgan fingerprint density at radius 1 is 1.32 bits per heavy atom. The molecular weight excluding hydrogens is 306 g/mol. The number of nitrogens with one attached hydrogen (secondary N) is 1. The van der Waals surface area contributed by atoms with Crippen molar-refractivity contribution in [2.45, 2.75) is 13.0 Å². The lowest BCUT2D eigenvalue weighted by atomic mass is 10.2. The van der Waals surface area contributed by atoms with Gasteiger partial charge in [0.25, 0.3) is 0 Å². The maximum atomic E-state index is 5.03. The normalized spacial score (nSPS) is 10.6. The van der Waals surface area contributed by atoms with E-state index in [9.17, 15) is 0 Å². The molecule has 0 atom stereocenters. The smallest absolute Gasteiger partial charge is 0.203 e. The van der Waals surface area contributed by atoms with Crippen molar-refractivity contribution >= 4 is 21.9 Å². The highest BCUT2D eigenvalue weighted by atomic mass is 79.9. The summed E-state index contributed by atoms with van der Waals surface area (Å²) in [4.78, 5) is 4.33. The van der Waals surface area contributed by atoms with E-state index in [1.165, 1.54) is 5.56 Å². The zero-order chi connectivity index (χ0) is 13.5. The van der Waals surface area contributed by atoms with Gasteiger partial charge in [0.2, 0.25) is 5.95 Å². The van der Waals surface area contributed by atoms with Crippen LogP contribution in [0.3, 0.4) is 0 Å². The summed E-state index contributed by atoms with van der Waals surface area (Å²) in [5, 5.41) is 3.32. The molecule has 1 aromatic carbocycles. The highest BCUT2D eigenvalue weighted by Gasteiger charge is 2.02. The summed E-state index contributed by atoms with van der Waals surface area (Å²) in [5.41, 5.74) is 1.25. The topological polar surface area (TPSA) is 39.1 Å². The fraction of sp³-hybridized carbons (Fsp3) is 0.357. The first-order chi connectivity index (χ1) is 9.29. The van der Waals surface area contributed by atoms with E-state index in [0.29, 0.717) is 0 Å². The van der Waals surface area contributed by atoms with Gasteiger partial charge < -0.3 is 14.6 Å². The molecule has 19 heavy (non-hydrogen) atoms. The van der Waals surface area contributed by atoms with E-state index in [1.807, 2.05) is 12.4 Å². The Morgan fingerprint density at radius 2 is 2.11 bits per heavy atom. The van der Waals surface area contributed by atoms with Gasteiger partial charge in [-0.3, -0.25) is 0 Å². The minimum absolute atomic E-state index is 0.764. The average molecular weight is 324 g/mol. The van der Waals surface area contributed by atoms with Crippen molar-refractivity contribution in [3.05, 3.63) is 46.7 Å². The summed E-state index contributed by atoms with van der Waals surface area (Å²) in [7, 11) is 1.72. The zero-order valence-electron chi connectivity index (χ0n) is 11.0. The van der Waals surface area contributed by atoms with Crippen molar-refractivity contribution in [3.8, 4) is 0 Å². The summed E-state index contributed by atoms with van der Waals surface area (Å²) >= 11 is 3.44. The van der Waals surface area contributed by atoms with Crippen LogP contribution in [0.2, 0.25) is 0 Å². The predicted molar refractivity (Wildman–Crippen MR) is 80.5 cm³/mol. The second kappa shape index (κ2) is 7.31. The van der Waals surface area contributed by atoms with Crippen molar-refractivity contribution in [2.75, 3.05) is 25.6 Å². The van der Waals surface area contributed by atoms with Crippen molar-refractivity contribution in [1.29, 1.82) is 0 Å². The average Bonchev–Trinajstić information content (AvgIpc) is 2.85. The van der Waals surface area contributed by atoms with Crippen molar-refractivity contribution in [2.24, 2.45) is 0 Å². The number of nitrogens with zero attached hydrogens (tertiary/aromatic N) is 2. The van der Waals surface area contributed by atoms with E-state index in [2.05, 4.69) is 55.1 Å². The molecule has 0 aliphatic heterocycles. The van der Waals surface area contributed by atoms with Gasteiger partial charge in [-0.05, 0) is 24.1 Å². The molecule has 4 nitrogen and oxygen atoms in total. The molecule has 5 heteroatoms. The number of halogens is 1. The highest BCUT2D eigenvalue weighted by Crippen LogP contribution is 2.13. The molecule has 0 spiro atoms. The molecule has 1 N–H and O–H groups in total. The number of hydrogen-bond acceptors (Lipinski definition) is 3. The highest BCUT2D eigenvalue weighted by molar-refractivity contribution is 9.10. The molecule has 1 heterocycles. The second-order valence-electron chi connectivity index (χ2n) is 4.28. The molecule has 0 aliphatic rings. The van der Waals surface area contributed by atoms with E-state index in [1.54, 1.807) is 7.11 Å². The molecule has 0 amide bonds. The molecule has 0 aliphatic carbocycles. The third-order valence-electron chi connectivity index (χ3n) is 2.79. The van der Waals surface area contributed by atoms with Gasteiger partial charge in [0.05, 0.1) is 6.54 Å². The fourth-order valence-electron chi connectivity index (χ4n) is 1.81. The van der Waals surface area contributed by atoms with Gasteiger partial charge in [-0.15, -0.1) is 0 Å². The van der Waals surface area contributed by atoms with Crippen LogP contribution < -0.4 is 5.32 Å². The van der Waals surface area contributed by atoms with Crippen molar-refractivity contribution in [3.63, 3.8) is 0 Å². The number of methoxy groups -OCH3 is 1. The lowest BCUT2D eigenvalue weighted by molar-refractivity contribution is 0.197. The Morgan fingerprint density at radius 3 is 2.84 bits per heavy atom. The maximum absolute atomic E-state index is 5.03. The molecule has 102 valence electrons. The van der Waals surface area contributed by atoms with Gasteiger partial charge in [-0.25, -0.2) is 4.98 Å². The summed E-state index contributed by atoms with van der Waals surface area (Å²) < 4.78 is 8.23. The van der Waals surface area contributed by atoms with Crippen LogP contribution >= 0.6 is 15.9 Å². The molecule has 0 saturated carbocycles. The number of imidazole rings is 1. The quantitative estimate of drug-likeness (QED) is 0.795. The number of anilines is 1. The molecule has 0 fully saturated rings. The van der Waals surface area contributed by atoms with Crippen LogP contribution in [0.5, 0.6) is 0 Å². The molecule has 2 rings (SSSR count). The lowest BCUT2D eigenvalue weighted by Crippen LogP contribution is -2.10. The predicted octanol–water partition coefficient (Wildman–Crippen LogP) is 3.14. The van der Waals surface area contributed by atoms with Gasteiger partial charge in [0, 0.05) is 37.1 Å². The van der Waals surface area contributed by atoms with E-state index in [0.717, 1.165) is 36.5 Å². The van der Waals surface area contributed by atoms with E-state index < -0.39 is 0 Å². The summed E-state index contributed by atoms with van der Waals surface area (Å²) in [6.45, 7) is 2.45. The minimum Gasteiger partial charge on any atom is -0.385 e. The SMILES string of the molecule is COCCCNc1nccn1Cc1ccc(Br)cc1. The monoisotopic (exact) mass is 323 g/mol. The first kappa shape index (κ1) is 14.1. The standard InChI is InChI=1S/C14H18BrN3O/c1-19-10-2-7-16-14-17-8-9-18(14)11-12-3-5-13(15)6-4-12/h3-6,8-9H,2,7,10-11H2,1H3,(H,16,17). The van der Waals surface area contributed by atoms with Crippen LogP contribution in [0, 0.1) is 0 Å². The molecule has 0 radical (unpaired) electrons. The van der Waals surface area contributed by atoms with Crippen LogP contribution in [0.4, 0.5) is 5.95 Å². The Labute approximate surface area is 121 Å². The molecule has 0 bridgehead atoms. The molecule has 2 aromatic rings. The Kier molecular flexibility index (Phi) is 5.42. The summed E-state index contributed by atoms with van der Waals surface area (Å²) in [6, 6.07) is 8.33. The van der Waals surface area contributed by atoms with Gasteiger partial charge in [0.1, 0.15) is 0 Å². The van der Waals surface area contributed by atoms with Crippen molar-refractivity contribution in [1.82, 2.24) is 9.55 Å². The Hall–Kier alpha value is -1.33. The lowest BCUT2D eigenvalue weighted by Gasteiger charge is -2.10. The Bertz CT molecular complexity index is 496. The third-order valence-corrected chi connectivity index (χ3v) is 3.32. The summed E-state index contributed by atoms with van der Waals surface area (Å²) in [5.74, 6) is 0.902. The molecule has 0 unspecified atom stereocenters. The minimum atomic E-state index is 0.764. The third kappa shape index (κ3) is 4.36. The first-order valence-electron chi connectivity index (χ1n) is 6.28.